The first kappa shape index (κ1) is 26.3. The van der Waals surface area contributed by atoms with E-state index in [1.54, 1.807) is 0 Å². The van der Waals surface area contributed by atoms with Gasteiger partial charge in [0.25, 0.3) is 11.8 Å². The molecule has 2 heterocycles. The summed E-state index contributed by atoms with van der Waals surface area (Å²) in [7, 11) is 0. The van der Waals surface area contributed by atoms with E-state index in [9.17, 15) is 9.59 Å². The summed E-state index contributed by atoms with van der Waals surface area (Å²) in [5, 5.41) is 1.37. The van der Waals surface area contributed by atoms with E-state index in [2.05, 4.69) is 13.8 Å². The molecule has 4 aromatic carbocycles. The Hall–Kier alpha value is -3.93. The number of carbonyl (C=O) groups excluding carboxylic acids is 2. The third-order valence-electron chi connectivity index (χ3n) is 7.68. The van der Waals surface area contributed by atoms with Gasteiger partial charge in [0.1, 0.15) is 4.88 Å². The standard InChI is InChI=1S/C34H29ClN2O2S/c1-3-23-17-19-24(20-18-23)33(38)36-22(2)21-29(26-13-7-9-15-28(26)36)37(25-11-5-4-6-12-25)34(39)32-31(35)27-14-8-10-16-30(27)40-32/h4-20,22,29H,3,21H2,1-2H3/t22-,29-/m1/s1. The van der Waals surface area contributed by atoms with Gasteiger partial charge in [0.05, 0.1) is 11.1 Å². The fourth-order valence-corrected chi connectivity index (χ4v) is 7.10. The van der Waals surface area contributed by atoms with Gasteiger partial charge in [-0.2, -0.15) is 0 Å². The Morgan fingerprint density at radius 2 is 1.57 bits per heavy atom. The van der Waals surface area contributed by atoms with Gasteiger partial charge in [0, 0.05) is 33.1 Å². The van der Waals surface area contributed by atoms with E-state index < -0.39 is 0 Å². The lowest BCUT2D eigenvalue weighted by Gasteiger charge is -2.43. The molecule has 0 saturated heterocycles. The van der Waals surface area contributed by atoms with Crippen LogP contribution in [0.2, 0.25) is 5.02 Å². The van der Waals surface area contributed by atoms with E-state index in [1.807, 2.05) is 113 Å². The Kier molecular flexibility index (Phi) is 7.18. The van der Waals surface area contributed by atoms with E-state index in [0.29, 0.717) is 21.9 Å². The van der Waals surface area contributed by atoms with Gasteiger partial charge in [-0.1, -0.05) is 85.3 Å². The molecule has 4 nitrogen and oxygen atoms in total. The van der Waals surface area contributed by atoms with Crippen LogP contribution in [0.5, 0.6) is 0 Å². The molecular weight excluding hydrogens is 536 g/mol. The molecule has 0 radical (unpaired) electrons. The Balaban J connectivity index is 1.45. The molecule has 0 unspecified atom stereocenters. The van der Waals surface area contributed by atoms with Crippen LogP contribution in [0.4, 0.5) is 11.4 Å². The normalized spacial score (nSPS) is 16.5. The first-order valence-corrected chi connectivity index (χ1v) is 14.7. The molecule has 1 aliphatic rings. The zero-order valence-corrected chi connectivity index (χ0v) is 24.0. The number of benzene rings is 4. The van der Waals surface area contributed by atoms with Gasteiger partial charge in [0.15, 0.2) is 0 Å². The maximum Gasteiger partial charge on any atom is 0.270 e. The predicted octanol–water partition coefficient (Wildman–Crippen LogP) is 8.94. The van der Waals surface area contributed by atoms with Crippen LogP contribution < -0.4 is 9.80 Å². The number of hydrogen-bond acceptors (Lipinski definition) is 3. The molecule has 0 bridgehead atoms. The number of para-hydroxylation sites is 2. The lowest BCUT2D eigenvalue weighted by atomic mass is 9.89. The van der Waals surface area contributed by atoms with Crippen LogP contribution in [0.25, 0.3) is 10.1 Å². The Bertz CT molecular complexity index is 1700. The number of rotatable bonds is 5. The van der Waals surface area contributed by atoms with E-state index in [0.717, 1.165) is 33.4 Å². The summed E-state index contributed by atoms with van der Waals surface area (Å²) in [4.78, 5) is 32.5. The Labute approximate surface area is 243 Å². The van der Waals surface area contributed by atoms with Crippen molar-refractivity contribution in [2.45, 2.75) is 38.8 Å². The second-order valence-electron chi connectivity index (χ2n) is 10.1. The van der Waals surface area contributed by atoms with Crippen LogP contribution >= 0.6 is 22.9 Å². The van der Waals surface area contributed by atoms with Crippen molar-refractivity contribution in [3.8, 4) is 0 Å². The highest BCUT2D eigenvalue weighted by Crippen LogP contribution is 2.45. The lowest BCUT2D eigenvalue weighted by molar-refractivity contribution is 0.0967. The van der Waals surface area contributed by atoms with Gasteiger partial charge in [0.2, 0.25) is 0 Å². The molecule has 6 heteroatoms. The number of nitrogens with zero attached hydrogens (tertiary/aromatic N) is 2. The van der Waals surface area contributed by atoms with Crippen LogP contribution in [0, 0.1) is 0 Å². The Morgan fingerprint density at radius 3 is 2.30 bits per heavy atom. The maximum atomic E-state index is 14.4. The topological polar surface area (TPSA) is 40.6 Å². The third kappa shape index (κ3) is 4.59. The molecule has 1 aromatic heterocycles. The number of thiophene rings is 1. The summed E-state index contributed by atoms with van der Waals surface area (Å²) in [6.07, 6.45) is 1.51. The van der Waals surface area contributed by atoms with Crippen molar-refractivity contribution in [2.24, 2.45) is 0 Å². The van der Waals surface area contributed by atoms with E-state index in [-0.39, 0.29) is 23.9 Å². The summed E-state index contributed by atoms with van der Waals surface area (Å²) in [5.74, 6) is -0.175. The zero-order chi connectivity index (χ0) is 27.8. The van der Waals surface area contributed by atoms with E-state index in [4.69, 9.17) is 11.6 Å². The number of halogens is 1. The number of anilines is 2. The van der Waals surface area contributed by atoms with Gasteiger partial charge in [-0.05, 0) is 67.3 Å². The molecular formula is C34H29ClN2O2S. The summed E-state index contributed by atoms with van der Waals surface area (Å²) < 4.78 is 0.979. The van der Waals surface area contributed by atoms with Crippen LogP contribution in [0.15, 0.2) is 103 Å². The lowest BCUT2D eigenvalue weighted by Crippen LogP contribution is -2.47. The number of hydrogen-bond donors (Lipinski definition) is 0. The second-order valence-corrected chi connectivity index (χ2v) is 11.6. The fourth-order valence-electron chi connectivity index (χ4n) is 5.65. The maximum absolute atomic E-state index is 14.4. The van der Waals surface area contributed by atoms with E-state index >= 15 is 0 Å². The van der Waals surface area contributed by atoms with Crippen LogP contribution in [0.1, 0.15) is 57.5 Å². The van der Waals surface area contributed by atoms with Crippen molar-refractivity contribution in [1.82, 2.24) is 0 Å². The van der Waals surface area contributed by atoms with Crippen molar-refractivity contribution >= 4 is 56.2 Å². The zero-order valence-electron chi connectivity index (χ0n) is 22.4. The van der Waals surface area contributed by atoms with Crippen LogP contribution in [-0.4, -0.2) is 17.9 Å². The number of amides is 2. The SMILES string of the molecule is CCc1ccc(C(=O)N2c3ccccc3[C@H](N(C(=O)c3sc4ccccc4c3Cl)c3ccccc3)C[C@H]2C)cc1. The molecule has 0 aliphatic carbocycles. The number of aryl methyl sites for hydroxylation is 1. The molecule has 0 fully saturated rings. The average molecular weight is 565 g/mol. The van der Waals surface area contributed by atoms with Gasteiger partial charge < -0.3 is 4.90 Å². The molecule has 0 saturated carbocycles. The van der Waals surface area contributed by atoms with Crippen molar-refractivity contribution in [2.75, 3.05) is 9.80 Å². The van der Waals surface area contributed by atoms with Gasteiger partial charge in [-0.15, -0.1) is 11.3 Å². The largest absolute Gasteiger partial charge is 0.305 e. The first-order chi connectivity index (χ1) is 19.5. The molecule has 40 heavy (non-hydrogen) atoms. The summed E-state index contributed by atoms with van der Waals surface area (Å²) >= 11 is 8.23. The molecule has 2 amide bonds. The van der Waals surface area contributed by atoms with Crippen molar-refractivity contribution in [3.63, 3.8) is 0 Å². The van der Waals surface area contributed by atoms with Crippen molar-refractivity contribution in [3.05, 3.63) is 130 Å². The minimum atomic E-state index is -0.283. The molecule has 0 spiro atoms. The molecule has 2 atom stereocenters. The first-order valence-electron chi connectivity index (χ1n) is 13.5. The average Bonchev–Trinajstić information content (AvgIpc) is 3.34. The molecule has 1 aliphatic heterocycles. The van der Waals surface area contributed by atoms with Crippen LogP contribution in [0.3, 0.4) is 0 Å². The molecule has 6 rings (SSSR count). The number of carbonyl (C=O) groups is 2. The second kappa shape index (κ2) is 10.9. The van der Waals surface area contributed by atoms with Gasteiger partial charge in [-0.25, -0.2) is 0 Å². The highest BCUT2D eigenvalue weighted by Gasteiger charge is 2.40. The van der Waals surface area contributed by atoms with Crippen LogP contribution in [-0.2, 0) is 6.42 Å². The monoisotopic (exact) mass is 564 g/mol. The quantitative estimate of drug-likeness (QED) is 0.214. The molecule has 5 aromatic rings. The predicted molar refractivity (Wildman–Crippen MR) is 166 cm³/mol. The molecule has 0 N–H and O–H groups in total. The Morgan fingerprint density at radius 1 is 0.900 bits per heavy atom. The fraction of sp³-hybridized carbons (Fsp3) is 0.176. The minimum absolute atomic E-state index is 0.0359. The minimum Gasteiger partial charge on any atom is -0.305 e. The highest BCUT2D eigenvalue weighted by molar-refractivity contribution is 7.21. The van der Waals surface area contributed by atoms with Crippen molar-refractivity contribution in [1.29, 1.82) is 0 Å². The highest BCUT2D eigenvalue weighted by atomic mass is 35.5. The number of fused-ring (bicyclic) bond motifs is 2. The molecule has 200 valence electrons. The van der Waals surface area contributed by atoms with Gasteiger partial charge >= 0.3 is 0 Å². The van der Waals surface area contributed by atoms with E-state index in [1.165, 1.54) is 16.9 Å². The third-order valence-corrected chi connectivity index (χ3v) is 9.35. The summed E-state index contributed by atoms with van der Waals surface area (Å²) in [6, 6.07) is 32.9. The van der Waals surface area contributed by atoms with Crippen molar-refractivity contribution < 1.29 is 9.59 Å². The summed E-state index contributed by atoms with van der Waals surface area (Å²) in [5.41, 5.74) is 4.41. The smallest absolute Gasteiger partial charge is 0.270 e. The van der Waals surface area contributed by atoms with Gasteiger partial charge in [-0.3, -0.25) is 14.5 Å². The summed E-state index contributed by atoms with van der Waals surface area (Å²) in [6.45, 7) is 4.16.